The molecular weight excluding hydrogens is 424 g/mol. The molecule has 3 heterocycles. The van der Waals surface area contributed by atoms with E-state index >= 15 is 0 Å². The van der Waals surface area contributed by atoms with Crippen LogP contribution in [0.5, 0.6) is 0 Å². The van der Waals surface area contributed by atoms with Crippen LogP contribution in [0.25, 0.3) is 0 Å². The van der Waals surface area contributed by atoms with Crippen molar-refractivity contribution in [1.82, 2.24) is 9.21 Å². The van der Waals surface area contributed by atoms with Gasteiger partial charge < -0.3 is 4.90 Å². The molecule has 1 unspecified atom stereocenters. The van der Waals surface area contributed by atoms with E-state index in [1.165, 1.54) is 22.1 Å². The monoisotopic (exact) mass is 448 g/mol. The van der Waals surface area contributed by atoms with Crippen LogP contribution in [0.3, 0.4) is 0 Å². The zero-order chi connectivity index (χ0) is 18.0. The Morgan fingerprint density at radius 2 is 1.92 bits per heavy atom. The number of amides is 1. The lowest BCUT2D eigenvalue weighted by Gasteiger charge is -2.39. The number of carbonyl (C=O) groups is 1. The zero-order valence-electron chi connectivity index (χ0n) is 14.5. The fraction of sp³-hybridized carbons (Fsp3) is 0.706. The summed E-state index contributed by atoms with van der Waals surface area (Å²) in [5.74, 6) is 0.205. The first-order valence-corrected chi connectivity index (χ1v) is 12.0. The van der Waals surface area contributed by atoms with Gasteiger partial charge in [-0.05, 0) is 66.6 Å². The highest BCUT2D eigenvalue weighted by atomic mass is 79.9. The van der Waals surface area contributed by atoms with E-state index in [2.05, 4.69) is 27.8 Å². The SMILES string of the molecule is CCC1CCCCN1C(=O)C1CCN(S(=O)(=O)c2ccc(Br)s2)CC1. The maximum Gasteiger partial charge on any atom is 0.252 e. The van der Waals surface area contributed by atoms with Crippen LogP contribution in [0, 0.1) is 5.92 Å². The molecule has 1 atom stereocenters. The van der Waals surface area contributed by atoms with E-state index in [9.17, 15) is 13.2 Å². The van der Waals surface area contributed by atoms with Crippen molar-refractivity contribution >= 4 is 43.2 Å². The highest BCUT2D eigenvalue weighted by Gasteiger charge is 2.36. The molecule has 2 aliphatic rings. The third kappa shape index (κ3) is 4.12. The average molecular weight is 449 g/mol. The van der Waals surface area contributed by atoms with Gasteiger partial charge in [-0.2, -0.15) is 4.31 Å². The van der Waals surface area contributed by atoms with E-state index in [0.29, 0.717) is 36.2 Å². The zero-order valence-corrected chi connectivity index (χ0v) is 17.7. The standard InChI is InChI=1S/C17H25BrN2O3S2/c1-2-14-5-3-4-10-20(14)17(21)13-8-11-19(12-9-13)25(22,23)16-7-6-15(18)24-16/h6-7,13-14H,2-5,8-12H2,1H3. The lowest BCUT2D eigenvalue weighted by atomic mass is 9.92. The van der Waals surface area contributed by atoms with Gasteiger partial charge in [0.1, 0.15) is 4.21 Å². The Morgan fingerprint density at radius 1 is 1.20 bits per heavy atom. The fourth-order valence-corrected chi connectivity index (χ4v) is 7.49. The van der Waals surface area contributed by atoms with Crippen LogP contribution in [-0.4, -0.2) is 49.2 Å². The molecule has 0 radical (unpaired) electrons. The first-order valence-electron chi connectivity index (χ1n) is 8.99. The molecule has 2 fully saturated rings. The summed E-state index contributed by atoms with van der Waals surface area (Å²) in [6.07, 6.45) is 5.64. The highest BCUT2D eigenvalue weighted by Crippen LogP contribution is 2.32. The number of halogens is 1. The number of sulfonamides is 1. The van der Waals surface area contributed by atoms with Crippen molar-refractivity contribution in [2.45, 2.75) is 55.7 Å². The van der Waals surface area contributed by atoms with Crippen LogP contribution < -0.4 is 0 Å². The molecule has 1 amide bonds. The van der Waals surface area contributed by atoms with E-state index in [0.717, 1.165) is 29.6 Å². The second-order valence-electron chi connectivity index (χ2n) is 6.83. The molecule has 2 saturated heterocycles. The Balaban J connectivity index is 1.62. The van der Waals surface area contributed by atoms with Crippen molar-refractivity contribution in [3.05, 3.63) is 15.9 Å². The number of nitrogens with zero attached hydrogens (tertiary/aromatic N) is 2. The van der Waals surface area contributed by atoms with E-state index in [-0.39, 0.29) is 11.8 Å². The number of hydrogen-bond donors (Lipinski definition) is 0. The highest BCUT2D eigenvalue weighted by molar-refractivity contribution is 9.11. The van der Waals surface area contributed by atoms with E-state index in [1.54, 1.807) is 12.1 Å². The molecule has 2 aliphatic heterocycles. The summed E-state index contributed by atoms with van der Waals surface area (Å²) in [5, 5.41) is 0. The van der Waals surface area contributed by atoms with Crippen LogP contribution in [0.4, 0.5) is 0 Å². The Labute approximate surface area is 162 Å². The normalized spacial score (nSPS) is 23.8. The Bertz CT molecular complexity index is 711. The molecule has 0 aromatic carbocycles. The molecule has 1 aromatic heterocycles. The van der Waals surface area contributed by atoms with Gasteiger partial charge in [0.05, 0.1) is 3.79 Å². The molecular formula is C17H25BrN2O3S2. The van der Waals surface area contributed by atoms with Gasteiger partial charge in [0.2, 0.25) is 5.91 Å². The summed E-state index contributed by atoms with van der Waals surface area (Å²) in [5.41, 5.74) is 0. The lowest BCUT2D eigenvalue weighted by molar-refractivity contribution is -0.140. The molecule has 0 saturated carbocycles. The van der Waals surface area contributed by atoms with Crippen LogP contribution >= 0.6 is 27.3 Å². The van der Waals surface area contributed by atoms with Gasteiger partial charge >= 0.3 is 0 Å². The summed E-state index contributed by atoms with van der Waals surface area (Å²) >= 11 is 4.55. The van der Waals surface area contributed by atoms with Crippen molar-refractivity contribution in [3.8, 4) is 0 Å². The molecule has 0 N–H and O–H groups in total. The number of piperidine rings is 2. The third-order valence-corrected chi connectivity index (χ3v) is 9.32. The number of rotatable bonds is 4. The number of hydrogen-bond acceptors (Lipinski definition) is 4. The molecule has 0 bridgehead atoms. The summed E-state index contributed by atoms with van der Waals surface area (Å²) in [6.45, 7) is 3.86. The molecule has 5 nitrogen and oxygen atoms in total. The largest absolute Gasteiger partial charge is 0.339 e. The Morgan fingerprint density at radius 3 is 2.52 bits per heavy atom. The smallest absolute Gasteiger partial charge is 0.252 e. The first kappa shape index (κ1) is 19.3. The van der Waals surface area contributed by atoms with Gasteiger partial charge in [0.15, 0.2) is 0 Å². The molecule has 1 aromatic rings. The molecule has 25 heavy (non-hydrogen) atoms. The topological polar surface area (TPSA) is 57.7 Å². The predicted molar refractivity (Wildman–Crippen MR) is 103 cm³/mol. The summed E-state index contributed by atoms with van der Waals surface area (Å²) in [4.78, 5) is 15.0. The molecule has 0 aliphatic carbocycles. The Kier molecular flexibility index (Phi) is 6.23. The van der Waals surface area contributed by atoms with Gasteiger partial charge in [-0.25, -0.2) is 8.42 Å². The average Bonchev–Trinajstić information content (AvgIpc) is 3.08. The number of thiophene rings is 1. The van der Waals surface area contributed by atoms with Gasteiger partial charge in [-0.1, -0.05) is 6.92 Å². The quantitative estimate of drug-likeness (QED) is 0.705. The molecule has 0 spiro atoms. The maximum absolute atomic E-state index is 12.9. The van der Waals surface area contributed by atoms with Crippen LogP contribution in [-0.2, 0) is 14.8 Å². The van der Waals surface area contributed by atoms with E-state index in [4.69, 9.17) is 0 Å². The number of likely N-dealkylation sites (tertiary alicyclic amines) is 1. The summed E-state index contributed by atoms with van der Waals surface area (Å²) < 4.78 is 28.1. The van der Waals surface area contributed by atoms with Crippen molar-refractivity contribution < 1.29 is 13.2 Å². The third-order valence-electron chi connectivity index (χ3n) is 5.33. The Hall–Kier alpha value is -0.440. The first-order chi connectivity index (χ1) is 11.9. The maximum atomic E-state index is 12.9. The van der Waals surface area contributed by atoms with Crippen LogP contribution in [0.1, 0.15) is 45.4 Å². The number of carbonyl (C=O) groups excluding carboxylic acids is 1. The van der Waals surface area contributed by atoms with E-state index < -0.39 is 10.0 Å². The van der Waals surface area contributed by atoms with E-state index in [1.807, 2.05) is 0 Å². The minimum absolute atomic E-state index is 0.0336. The fourth-order valence-electron chi connectivity index (χ4n) is 3.86. The summed E-state index contributed by atoms with van der Waals surface area (Å²) in [7, 11) is -3.43. The van der Waals surface area contributed by atoms with Gasteiger partial charge in [-0.15, -0.1) is 11.3 Å². The predicted octanol–water partition coefficient (Wildman–Crippen LogP) is 3.70. The van der Waals surface area contributed by atoms with Crippen molar-refractivity contribution in [1.29, 1.82) is 0 Å². The summed E-state index contributed by atoms with van der Waals surface area (Å²) in [6, 6.07) is 3.77. The minimum Gasteiger partial charge on any atom is -0.339 e. The van der Waals surface area contributed by atoms with Gasteiger partial charge in [-0.3, -0.25) is 4.79 Å². The minimum atomic E-state index is -3.43. The lowest BCUT2D eigenvalue weighted by Crippen LogP contribution is -2.49. The van der Waals surface area contributed by atoms with Crippen molar-refractivity contribution in [3.63, 3.8) is 0 Å². The van der Waals surface area contributed by atoms with Crippen molar-refractivity contribution in [2.75, 3.05) is 19.6 Å². The van der Waals surface area contributed by atoms with Crippen LogP contribution in [0.15, 0.2) is 20.1 Å². The van der Waals surface area contributed by atoms with Gasteiger partial charge in [0.25, 0.3) is 10.0 Å². The second kappa shape index (κ2) is 8.06. The van der Waals surface area contributed by atoms with Crippen molar-refractivity contribution in [2.24, 2.45) is 5.92 Å². The second-order valence-corrected chi connectivity index (χ2v) is 11.5. The molecule has 3 rings (SSSR count). The molecule has 8 heteroatoms. The van der Waals surface area contributed by atoms with Crippen LogP contribution in [0.2, 0.25) is 0 Å². The molecule has 140 valence electrons. The van der Waals surface area contributed by atoms with Gasteiger partial charge in [0, 0.05) is 31.6 Å².